The molecule has 1 aromatic heterocycles. The summed E-state index contributed by atoms with van der Waals surface area (Å²) >= 11 is 2.96. The lowest BCUT2D eigenvalue weighted by molar-refractivity contribution is -0.133. The van der Waals surface area contributed by atoms with E-state index < -0.39 is 0 Å². The first-order valence-corrected chi connectivity index (χ1v) is 11.5. The van der Waals surface area contributed by atoms with E-state index in [1.807, 2.05) is 31.2 Å². The van der Waals surface area contributed by atoms with E-state index in [1.54, 1.807) is 7.11 Å². The number of rotatable bonds is 8. The molecule has 1 heterocycles. The standard InChI is InChI=1S/C20H28N4O2S2/c1-4-24(16-8-6-5-7-9-16)18(25)14(2)27-20-23-22-19(28-20)21-15-10-12-17(26-3)13-11-15/h10-14,16H,4-9H2,1-3H3,(H,21,22). The summed E-state index contributed by atoms with van der Waals surface area (Å²) in [5.41, 5.74) is 0.923. The van der Waals surface area contributed by atoms with Crippen LogP contribution in [0.15, 0.2) is 28.6 Å². The lowest BCUT2D eigenvalue weighted by Gasteiger charge is -2.35. The summed E-state index contributed by atoms with van der Waals surface area (Å²) in [4.78, 5) is 15.0. The minimum atomic E-state index is -0.163. The van der Waals surface area contributed by atoms with Crippen molar-refractivity contribution in [2.45, 2.75) is 61.6 Å². The normalized spacial score (nSPS) is 15.8. The Morgan fingerprint density at radius 2 is 2.00 bits per heavy atom. The van der Waals surface area contributed by atoms with Gasteiger partial charge in [-0.3, -0.25) is 4.79 Å². The zero-order chi connectivity index (χ0) is 19.9. The highest BCUT2D eigenvalue weighted by atomic mass is 32.2. The van der Waals surface area contributed by atoms with Crippen LogP contribution in [0.2, 0.25) is 0 Å². The summed E-state index contributed by atoms with van der Waals surface area (Å²) < 4.78 is 5.97. The Morgan fingerprint density at radius 3 is 2.64 bits per heavy atom. The van der Waals surface area contributed by atoms with Gasteiger partial charge in [0.25, 0.3) is 0 Å². The van der Waals surface area contributed by atoms with Crippen LogP contribution in [0.3, 0.4) is 0 Å². The van der Waals surface area contributed by atoms with Crippen molar-refractivity contribution in [3.63, 3.8) is 0 Å². The van der Waals surface area contributed by atoms with Crippen LogP contribution in [0.1, 0.15) is 46.0 Å². The van der Waals surface area contributed by atoms with Crippen molar-refractivity contribution in [2.24, 2.45) is 0 Å². The van der Waals surface area contributed by atoms with Crippen LogP contribution < -0.4 is 10.1 Å². The van der Waals surface area contributed by atoms with Crippen LogP contribution in [-0.4, -0.2) is 46.0 Å². The van der Waals surface area contributed by atoms with Gasteiger partial charge in [-0.25, -0.2) is 0 Å². The third-order valence-corrected chi connectivity index (χ3v) is 7.02. The van der Waals surface area contributed by atoms with Gasteiger partial charge >= 0.3 is 0 Å². The van der Waals surface area contributed by atoms with Crippen LogP contribution in [-0.2, 0) is 4.79 Å². The maximum atomic E-state index is 13.0. The highest BCUT2D eigenvalue weighted by molar-refractivity contribution is 8.02. The second-order valence-electron chi connectivity index (χ2n) is 6.90. The molecule has 1 aromatic carbocycles. The number of ether oxygens (including phenoxy) is 1. The SMILES string of the molecule is CCN(C(=O)C(C)Sc1nnc(Nc2ccc(OC)cc2)s1)C1CCCCC1. The smallest absolute Gasteiger partial charge is 0.236 e. The van der Waals surface area contributed by atoms with Crippen LogP contribution in [0, 0.1) is 0 Å². The van der Waals surface area contributed by atoms with Crippen molar-refractivity contribution in [1.82, 2.24) is 15.1 Å². The van der Waals surface area contributed by atoms with E-state index in [0.29, 0.717) is 11.2 Å². The molecule has 8 heteroatoms. The van der Waals surface area contributed by atoms with E-state index in [2.05, 4.69) is 27.3 Å². The molecule has 1 atom stereocenters. The highest BCUT2D eigenvalue weighted by Gasteiger charge is 2.28. The maximum Gasteiger partial charge on any atom is 0.236 e. The molecule has 6 nitrogen and oxygen atoms in total. The fraction of sp³-hybridized carbons (Fsp3) is 0.550. The molecule has 1 aliphatic rings. The molecule has 0 saturated heterocycles. The monoisotopic (exact) mass is 420 g/mol. The van der Waals surface area contributed by atoms with E-state index in [-0.39, 0.29) is 11.2 Å². The molecule has 1 saturated carbocycles. The van der Waals surface area contributed by atoms with Crippen LogP contribution in [0.25, 0.3) is 0 Å². The first kappa shape index (κ1) is 20.9. The van der Waals surface area contributed by atoms with Gasteiger partial charge in [-0.15, -0.1) is 10.2 Å². The third kappa shape index (κ3) is 5.38. The van der Waals surface area contributed by atoms with Gasteiger partial charge in [-0.1, -0.05) is 42.4 Å². The number of thioether (sulfide) groups is 1. The van der Waals surface area contributed by atoms with Crippen LogP contribution >= 0.6 is 23.1 Å². The zero-order valence-electron chi connectivity index (χ0n) is 16.7. The van der Waals surface area contributed by atoms with E-state index in [0.717, 1.165) is 35.2 Å². The first-order chi connectivity index (χ1) is 13.6. The van der Waals surface area contributed by atoms with Gasteiger partial charge in [0.2, 0.25) is 11.0 Å². The third-order valence-electron chi connectivity index (χ3n) is 5.01. The van der Waals surface area contributed by atoms with Gasteiger partial charge in [0.1, 0.15) is 5.75 Å². The zero-order valence-corrected chi connectivity index (χ0v) is 18.3. The van der Waals surface area contributed by atoms with E-state index >= 15 is 0 Å². The summed E-state index contributed by atoms with van der Waals surface area (Å²) in [7, 11) is 1.65. The lowest BCUT2D eigenvalue weighted by Crippen LogP contribution is -2.44. The molecule has 2 aromatic rings. The number of methoxy groups -OCH3 is 1. The van der Waals surface area contributed by atoms with Crippen molar-refractivity contribution in [3.8, 4) is 5.75 Å². The Balaban J connectivity index is 1.57. The Bertz CT molecular complexity index is 760. The number of aromatic nitrogens is 2. The average molecular weight is 421 g/mol. The van der Waals surface area contributed by atoms with E-state index in [9.17, 15) is 4.79 Å². The fourth-order valence-corrected chi connectivity index (χ4v) is 5.51. The molecule has 0 aliphatic heterocycles. The van der Waals surface area contributed by atoms with Gasteiger partial charge in [0, 0.05) is 18.3 Å². The largest absolute Gasteiger partial charge is 0.497 e. The van der Waals surface area contributed by atoms with Gasteiger partial charge < -0.3 is 15.0 Å². The van der Waals surface area contributed by atoms with Gasteiger partial charge in [-0.2, -0.15) is 0 Å². The topological polar surface area (TPSA) is 67.4 Å². The van der Waals surface area contributed by atoms with E-state index in [1.165, 1.54) is 42.4 Å². The summed E-state index contributed by atoms with van der Waals surface area (Å²) in [6.45, 7) is 4.82. The number of benzene rings is 1. The van der Waals surface area contributed by atoms with Crippen molar-refractivity contribution in [2.75, 3.05) is 19.0 Å². The second-order valence-corrected chi connectivity index (χ2v) is 9.47. The molecule has 152 valence electrons. The lowest BCUT2D eigenvalue weighted by atomic mass is 9.94. The highest BCUT2D eigenvalue weighted by Crippen LogP contribution is 2.32. The number of nitrogens with one attached hydrogen (secondary N) is 1. The summed E-state index contributed by atoms with van der Waals surface area (Å²) in [5, 5.41) is 12.2. The molecule has 0 radical (unpaired) electrons. The summed E-state index contributed by atoms with van der Waals surface area (Å²) in [6.07, 6.45) is 6.01. The number of anilines is 2. The Labute approximate surface area is 175 Å². The minimum absolute atomic E-state index is 0.163. The number of carbonyl (C=O) groups excluding carboxylic acids is 1. The molecule has 28 heavy (non-hydrogen) atoms. The summed E-state index contributed by atoms with van der Waals surface area (Å²) in [5.74, 6) is 1.02. The molecule has 1 N–H and O–H groups in total. The molecule has 1 fully saturated rings. The van der Waals surface area contributed by atoms with Crippen LogP contribution in [0.5, 0.6) is 5.75 Å². The number of amides is 1. The van der Waals surface area contributed by atoms with Gasteiger partial charge in [0.15, 0.2) is 4.34 Å². The molecule has 1 aliphatic carbocycles. The first-order valence-electron chi connectivity index (χ1n) is 9.82. The molecule has 3 rings (SSSR count). The Morgan fingerprint density at radius 1 is 1.29 bits per heavy atom. The number of hydrogen-bond donors (Lipinski definition) is 1. The van der Waals surface area contributed by atoms with E-state index in [4.69, 9.17) is 4.74 Å². The molecular weight excluding hydrogens is 392 g/mol. The fourth-order valence-electron chi connectivity index (χ4n) is 3.53. The minimum Gasteiger partial charge on any atom is -0.497 e. The summed E-state index contributed by atoms with van der Waals surface area (Å²) in [6, 6.07) is 8.05. The maximum absolute atomic E-state index is 13.0. The molecule has 0 spiro atoms. The Hall–Kier alpha value is -1.80. The quantitative estimate of drug-likeness (QED) is 0.609. The Kier molecular flexibility index (Phi) is 7.56. The van der Waals surface area contributed by atoms with Crippen LogP contribution in [0.4, 0.5) is 10.8 Å². The van der Waals surface area contributed by atoms with Gasteiger partial charge in [0.05, 0.1) is 12.4 Å². The predicted octanol–water partition coefficient (Wildman–Crippen LogP) is 4.95. The number of carbonyl (C=O) groups is 1. The predicted molar refractivity (Wildman–Crippen MR) is 116 cm³/mol. The number of hydrogen-bond acceptors (Lipinski definition) is 7. The molecular formula is C20H28N4O2S2. The molecule has 1 unspecified atom stereocenters. The van der Waals surface area contributed by atoms with Crippen molar-refractivity contribution >= 4 is 39.8 Å². The van der Waals surface area contributed by atoms with Crippen molar-refractivity contribution in [1.29, 1.82) is 0 Å². The number of nitrogens with zero attached hydrogens (tertiary/aromatic N) is 3. The molecule has 1 amide bonds. The van der Waals surface area contributed by atoms with Crippen molar-refractivity contribution < 1.29 is 9.53 Å². The van der Waals surface area contributed by atoms with Gasteiger partial charge in [-0.05, 0) is 51.0 Å². The molecule has 0 bridgehead atoms. The van der Waals surface area contributed by atoms with Crippen molar-refractivity contribution in [3.05, 3.63) is 24.3 Å². The average Bonchev–Trinajstić information content (AvgIpc) is 3.16. The second kappa shape index (κ2) is 10.1.